The van der Waals surface area contributed by atoms with Gasteiger partial charge < -0.3 is 4.74 Å². The number of hydrogen-bond donors (Lipinski definition) is 0. The molecule has 0 radical (unpaired) electrons. The van der Waals surface area contributed by atoms with Gasteiger partial charge >= 0.3 is 0 Å². The molecule has 0 aromatic heterocycles. The molecule has 0 amide bonds. The maximum atomic E-state index is 12.6. The molecule has 130 valence electrons. The third-order valence-electron chi connectivity index (χ3n) is 3.37. The van der Waals surface area contributed by atoms with Gasteiger partial charge in [-0.2, -0.15) is 12.8 Å². The average molecular weight is 357 g/mol. The molecule has 0 fully saturated rings. The number of carbonyl (C=O) groups excluding carboxylic acids is 1. The van der Waals surface area contributed by atoms with Gasteiger partial charge in [0.1, 0.15) is 6.61 Å². The minimum atomic E-state index is -3.86. The highest BCUT2D eigenvalue weighted by molar-refractivity contribution is 7.90. The Morgan fingerprint density at radius 1 is 1.08 bits per heavy atom. The van der Waals surface area contributed by atoms with Gasteiger partial charge in [-0.3, -0.25) is 4.79 Å². The summed E-state index contributed by atoms with van der Waals surface area (Å²) in [5, 5.41) is 0. The van der Waals surface area contributed by atoms with Crippen molar-refractivity contribution in [2.75, 3.05) is 6.61 Å². The van der Waals surface area contributed by atoms with Gasteiger partial charge in [0.25, 0.3) is 16.5 Å². The van der Waals surface area contributed by atoms with Gasteiger partial charge in [-0.05, 0) is 37.6 Å². The van der Waals surface area contributed by atoms with E-state index in [9.17, 15) is 13.2 Å². The first-order valence-corrected chi connectivity index (χ1v) is 9.06. The standard InChI is InChI=1S/C19H19NO4S/c1-15-8-10-18(11-9-15)25(22,23)20-19(12-16(2)13-24-14-21)17-6-4-3-5-7-17/h3-12,14H,13H2,1-2H3/b16-12+,20-19?. The number of rotatable bonds is 7. The lowest BCUT2D eigenvalue weighted by Crippen LogP contribution is -2.06. The van der Waals surface area contributed by atoms with E-state index in [0.717, 1.165) is 5.56 Å². The summed E-state index contributed by atoms with van der Waals surface area (Å²) in [7, 11) is -3.86. The second-order valence-electron chi connectivity index (χ2n) is 5.53. The van der Waals surface area contributed by atoms with Crippen LogP contribution < -0.4 is 0 Å². The Kier molecular flexibility index (Phi) is 6.25. The van der Waals surface area contributed by atoms with E-state index in [1.807, 2.05) is 13.0 Å². The number of allylic oxidation sites excluding steroid dienone is 1. The molecule has 25 heavy (non-hydrogen) atoms. The normalized spacial score (nSPS) is 12.7. The third kappa shape index (κ3) is 5.39. The number of ether oxygens (including phenoxy) is 1. The van der Waals surface area contributed by atoms with Gasteiger partial charge in [0.15, 0.2) is 0 Å². The summed E-state index contributed by atoms with van der Waals surface area (Å²) in [5.74, 6) is 0. The van der Waals surface area contributed by atoms with Crippen LogP contribution in [-0.4, -0.2) is 27.2 Å². The molecule has 6 heteroatoms. The fourth-order valence-corrected chi connectivity index (χ4v) is 3.11. The van der Waals surface area contributed by atoms with E-state index in [1.165, 1.54) is 12.1 Å². The highest BCUT2D eigenvalue weighted by Crippen LogP contribution is 2.16. The molecule has 0 aliphatic heterocycles. The van der Waals surface area contributed by atoms with Gasteiger partial charge in [0, 0.05) is 5.56 Å². The molecule has 0 aliphatic rings. The Labute approximate surface area is 147 Å². The predicted octanol–water partition coefficient (Wildman–Crippen LogP) is 3.29. The lowest BCUT2D eigenvalue weighted by atomic mass is 10.1. The molecule has 0 spiro atoms. The van der Waals surface area contributed by atoms with E-state index in [-0.39, 0.29) is 17.2 Å². The minimum Gasteiger partial charge on any atom is -0.463 e. The van der Waals surface area contributed by atoms with E-state index in [4.69, 9.17) is 4.74 Å². The van der Waals surface area contributed by atoms with Crippen LogP contribution >= 0.6 is 0 Å². The van der Waals surface area contributed by atoms with Gasteiger partial charge in [0.2, 0.25) is 0 Å². The largest absolute Gasteiger partial charge is 0.463 e. The Bertz CT molecular complexity index is 883. The van der Waals surface area contributed by atoms with Crippen LogP contribution in [0.2, 0.25) is 0 Å². The van der Waals surface area contributed by atoms with Crippen molar-refractivity contribution in [2.45, 2.75) is 18.7 Å². The third-order valence-corrected chi connectivity index (χ3v) is 4.67. The van der Waals surface area contributed by atoms with Crippen molar-refractivity contribution in [1.29, 1.82) is 0 Å². The maximum absolute atomic E-state index is 12.6. The van der Waals surface area contributed by atoms with Crippen molar-refractivity contribution >= 4 is 22.2 Å². The Hall–Kier alpha value is -2.73. The van der Waals surface area contributed by atoms with E-state index >= 15 is 0 Å². The lowest BCUT2D eigenvalue weighted by molar-refractivity contribution is -0.127. The first-order chi connectivity index (χ1) is 11.9. The summed E-state index contributed by atoms with van der Waals surface area (Å²) in [4.78, 5) is 10.5. The van der Waals surface area contributed by atoms with Crippen LogP contribution in [-0.2, 0) is 19.6 Å². The molecule has 2 aromatic carbocycles. The van der Waals surface area contributed by atoms with Crippen molar-refractivity contribution in [3.63, 3.8) is 0 Å². The molecule has 2 rings (SSSR count). The summed E-state index contributed by atoms with van der Waals surface area (Å²) >= 11 is 0. The maximum Gasteiger partial charge on any atom is 0.293 e. The van der Waals surface area contributed by atoms with Gasteiger partial charge in [0.05, 0.1) is 10.6 Å². The minimum absolute atomic E-state index is 0.0694. The van der Waals surface area contributed by atoms with Crippen LogP contribution in [0.1, 0.15) is 18.1 Å². The fraction of sp³-hybridized carbons (Fsp3) is 0.158. The topological polar surface area (TPSA) is 72.8 Å². The van der Waals surface area contributed by atoms with Crippen LogP contribution in [0, 0.1) is 6.92 Å². The molecule has 0 saturated heterocycles. The second kappa shape index (κ2) is 8.39. The number of nitrogens with zero attached hydrogens (tertiary/aromatic N) is 1. The smallest absolute Gasteiger partial charge is 0.293 e. The molecule has 0 bridgehead atoms. The zero-order chi connectivity index (χ0) is 18.3. The van der Waals surface area contributed by atoms with Crippen LogP contribution in [0.5, 0.6) is 0 Å². The second-order valence-corrected chi connectivity index (χ2v) is 7.13. The molecular weight excluding hydrogens is 338 g/mol. The first-order valence-electron chi connectivity index (χ1n) is 7.62. The molecule has 0 atom stereocenters. The van der Waals surface area contributed by atoms with Crippen LogP contribution in [0.4, 0.5) is 0 Å². The fourth-order valence-electron chi connectivity index (χ4n) is 2.10. The molecule has 0 saturated carbocycles. The molecular formula is C19H19NO4S. The Morgan fingerprint density at radius 3 is 2.32 bits per heavy atom. The van der Waals surface area contributed by atoms with Gasteiger partial charge in [-0.1, -0.05) is 48.0 Å². The van der Waals surface area contributed by atoms with Crippen molar-refractivity contribution in [2.24, 2.45) is 4.40 Å². The van der Waals surface area contributed by atoms with Crippen molar-refractivity contribution in [3.8, 4) is 0 Å². The van der Waals surface area contributed by atoms with E-state index in [0.29, 0.717) is 17.6 Å². The van der Waals surface area contributed by atoms with Gasteiger partial charge in [-0.15, -0.1) is 0 Å². The molecule has 2 aromatic rings. The van der Waals surface area contributed by atoms with Gasteiger partial charge in [-0.25, -0.2) is 0 Å². The van der Waals surface area contributed by atoms with E-state index < -0.39 is 10.0 Å². The van der Waals surface area contributed by atoms with E-state index in [2.05, 4.69) is 4.40 Å². The van der Waals surface area contributed by atoms with Crippen LogP contribution in [0.15, 0.2) is 75.5 Å². The summed E-state index contributed by atoms with van der Waals surface area (Å²) in [6.07, 6.45) is 1.60. The van der Waals surface area contributed by atoms with Crippen molar-refractivity contribution in [1.82, 2.24) is 0 Å². The predicted molar refractivity (Wildman–Crippen MR) is 97.1 cm³/mol. The molecule has 0 N–H and O–H groups in total. The Balaban J connectivity index is 2.48. The quantitative estimate of drug-likeness (QED) is 0.563. The van der Waals surface area contributed by atoms with Crippen molar-refractivity contribution in [3.05, 3.63) is 77.4 Å². The number of aryl methyl sites for hydroxylation is 1. The highest BCUT2D eigenvalue weighted by atomic mass is 32.2. The lowest BCUT2D eigenvalue weighted by Gasteiger charge is -2.06. The summed E-state index contributed by atoms with van der Waals surface area (Å²) in [6.45, 7) is 4.04. The summed E-state index contributed by atoms with van der Waals surface area (Å²) < 4.78 is 33.9. The molecule has 0 aliphatic carbocycles. The molecule has 0 heterocycles. The average Bonchev–Trinajstić information content (AvgIpc) is 2.60. The summed E-state index contributed by atoms with van der Waals surface area (Å²) in [5.41, 5.74) is 2.58. The van der Waals surface area contributed by atoms with Crippen molar-refractivity contribution < 1.29 is 17.9 Å². The molecule has 0 unspecified atom stereocenters. The number of sulfonamides is 1. The Morgan fingerprint density at radius 2 is 1.72 bits per heavy atom. The zero-order valence-corrected chi connectivity index (χ0v) is 14.9. The zero-order valence-electron chi connectivity index (χ0n) is 14.0. The number of hydrogen-bond acceptors (Lipinski definition) is 4. The SMILES string of the molecule is C/C(=C\C(=NS(=O)(=O)c1ccc(C)cc1)c1ccccc1)COC=O. The number of benzene rings is 2. The first kappa shape index (κ1) is 18.6. The number of carbonyl (C=O) groups is 1. The monoisotopic (exact) mass is 357 g/mol. The summed E-state index contributed by atoms with van der Waals surface area (Å²) in [6, 6.07) is 15.5. The highest BCUT2D eigenvalue weighted by Gasteiger charge is 2.14. The van der Waals surface area contributed by atoms with Crippen LogP contribution in [0.25, 0.3) is 0 Å². The van der Waals surface area contributed by atoms with Crippen LogP contribution in [0.3, 0.4) is 0 Å². The molecule has 5 nitrogen and oxygen atoms in total. The van der Waals surface area contributed by atoms with E-state index in [1.54, 1.807) is 49.4 Å².